The summed E-state index contributed by atoms with van der Waals surface area (Å²) in [5.74, 6) is -1.09. The van der Waals surface area contributed by atoms with Gasteiger partial charge in [0, 0.05) is 6.54 Å². The lowest BCUT2D eigenvalue weighted by Crippen LogP contribution is -2.14. The second-order valence-corrected chi connectivity index (χ2v) is 4.02. The molecule has 0 aliphatic rings. The van der Waals surface area contributed by atoms with E-state index in [1.165, 1.54) is 18.2 Å². The van der Waals surface area contributed by atoms with Crippen LogP contribution in [0.5, 0.6) is 0 Å². The second kappa shape index (κ2) is 5.79. The normalized spacial score (nSPS) is 10.0. The first-order chi connectivity index (χ1) is 9.56. The Labute approximate surface area is 114 Å². The van der Waals surface area contributed by atoms with Crippen molar-refractivity contribution in [1.82, 2.24) is 10.2 Å². The smallest absolute Gasteiger partial charge is 0.335 e. The highest BCUT2D eigenvalue weighted by atomic mass is 16.4. The molecule has 1 heterocycles. The predicted molar refractivity (Wildman–Crippen MR) is 71.3 cm³/mol. The number of anilines is 1. The molecule has 0 atom stereocenters. The second-order valence-electron chi connectivity index (χ2n) is 4.02. The number of nitrogens with one attached hydrogen (secondary N) is 1. The zero-order valence-electron chi connectivity index (χ0n) is 10.4. The van der Waals surface area contributed by atoms with Gasteiger partial charge < -0.3 is 16.2 Å². The van der Waals surface area contributed by atoms with Gasteiger partial charge in [-0.25, -0.2) is 4.79 Å². The number of hydrogen-bond donors (Lipinski definition) is 3. The summed E-state index contributed by atoms with van der Waals surface area (Å²) in [6.45, 7) is 0.463. The number of aromatic carboxylic acids is 1. The highest BCUT2D eigenvalue weighted by molar-refractivity contribution is 5.90. The van der Waals surface area contributed by atoms with Gasteiger partial charge in [-0.1, -0.05) is 12.1 Å². The Morgan fingerprint density at radius 2 is 1.80 bits per heavy atom. The van der Waals surface area contributed by atoms with E-state index >= 15 is 0 Å². The fourth-order valence-electron chi connectivity index (χ4n) is 1.52. The summed E-state index contributed by atoms with van der Waals surface area (Å²) in [5.41, 5.74) is 6.29. The van der Waals surface area contributed by atoms with Crippen molar-refractivity contribution in [2.75, 3.05) is 5.32 Å². The maximum atomic E-state index is 10.8. The minimum atomic E-state index is -0.961. The summed E-state index contributed by atoms with van der Waals surface area (Å²) in [4.78, 5) is 21.5. The third-order valence-electron chi connectivity index (χ3n) is 2.59. The summed E-state index contributed by atoms with van der Waals surface area (Å²) in [7, 11) is 0. The molecule has 1 aromatic heterocycles. The molecular weight excluding hydrogens is 260 g/mol. The van der Waals surface area contributed by atoms with E-state index < -0.39 is 11.9 Å². The van der Waals surface area contributed by atoms with Gasteiger partial charge in [-0.05, 0) is 29.8 Å². The first-order valence-corrected chi connectivity index (χ1v) is 5.76. The average Bonchev–Trinajstić information content (AvgIpc) is 2.46. The number of amides is 1. The maximum absolute atomic E-state index is 10.8. The lowest BCUT2D eigenvalue weighted by Gasteiger charge is -2.05. The van der Waals surface area contributed by atoms with Crippen LogP contribution in [0.15, 0.2) is 36.4 Å². The van der Waals surface area contributed by atoms with E-state index in [2.05, 4.69) is 15.5 Å². The van der Waals surface area contributed by atoms with Gasteiger partial charge in [0.15, 0.2) is 5.69 Å². The SMILES string of the molecule is NC(=O)c1ccc(NCc2ccc(C(=O)O)cc2)nn1. The topological polar surface area (TPSA) is 118 Å². The number of carboxylic acid groups (broad SMARTS) is 1. The number of carbonyl (C=O) groups excluding carboxylic acids is 1. The Kier molecular flexibility index (Phi) is 3.90. The van der Waals surface area contributed by atoms with Crippen molar-refractivity contribution in [3.8, 4) is 0 Å². The van der Waals surface area contributed by atoms with Crippen LogP contribution >= 0.6 is 0 Å². The summed E-state index contributed by atoms with van der Waals surface area (Å²) < 4.78 is 0. The highest BCUT2D eigenvalue weighted by Crippen LogP contribution is 2.08. The van der Waals surface area contributed by atoms with Crippen molar-refractivity contribution in [2.24, 2.45) is 5.73 Å². The van der Waals surface area contributed by atoms with Crippen molar-refractivity contribution < 1.29 is 14.7 Å². The number of nitrogens with zero attached hydrogens (tertiary/aromatic N) is 2. The summed E-state index contributed by atoms with van der Waals surface area (Å²) in [6, 6.07) is 9.55. The van der Waals surface area contributed by atoms with E-state index in [-0.39, 0.29) is 11.3 Å². The van der Waals surface area contributed by atoms with Gasteiger partial charge in [0.05, 0.1) is 5.56 Å². The van der Waals surface area contributed by atoms with Gasteiger partial charge in [-0.15, -0.1) is 10.2 Å². The molecule has 2 aromatic rings. The van der Waals surface area contributed by atoms with Crippen LogP contribution in [0.2, 0.25) is 0 Å². The summed E-state index contributed by atoms with van der Waals surface area (Å²) in [6.07, 6.45) is 0. The predicted octanol–water partition coefficient (Wildman–Crippen LogP) is 0.886. The van der Waals surface area contributed by atoms with Gasteiger partial charge in [0.25, 0.3) is 5.91 Å². The molecule has 0 spiro atoms. The molecule has 1 amide bonds. The average molecular weight is 272 g/mol. The molecule has 0 saturated carbocycles. The largest absolute Gasteiger partial charge is 0.478 e. The van der Waals surface area contributed by atoms with Crippen molar-refractivity contribution in [3.05, 3.63) is 53.2 Å². The van der Waals surface area contributed by atoms with E-state index in [4.69, 9.17) is 10.8 Å². The van der Waals surface area contributed by atoms with Crippen LogP contribution in [0.1, 0.15) is 26.4 Å². The minimum absolute atomic E-state index is 0.0985. The Hall–Kier alpha value is -2.96. The molecule has 4 N–H and O–H groups in total. The van der Waals surface area contributed by atoms with E-state index in [0.29, 0.717) is 12.4 Å². The molecule has 0 fully saturated rings. The summed E-state index contributed by atoms with van der Waals surface area (Å²) in [5, 5.41) is 19.3. The molecule has 0 unspecified atom stereocenters. The number of carboxylic acids is 1. The Morgan fingerprint density at radius 3 is 2.30 bits per heavy atom. The van der Waals surface area contributed by atoms with Crippen LogP contribution in [0.4, 0.5) is 5.82 Å². The molecular formula is C13H12N4O3. The van der Waals surface area contributed by atoms with E-state index in [1.807, 2.05) is 0 Å². The van der Waals surface area contributed by atoms with Gasteiger partial charge in [0.2, 0.25) is 0 Å². The van der Waals surface area contributed by atoms with E-state index in [1.54, 1.807) is 18.2 Å². The van der Waals surface area contributed by atoms with Gasteiger partial charge >= 0.3 is 5.97 Å². The molecule has 2 rings (SSSR count). The fourth-order valence-corrected chi connectivity index (χ4v) is 1.52. The fraction of sp³-hybridized carbons (Fsp3) is 0.0769. The highest BCUT2D eigenvalue weighted by Gasteiger charge is 2.04. The lowest BCUT2D eigenvalue weighted by molar-refractivity contribution is 0.0696. The van der Waals surface area contributed by atoms with Crippen LogP contribution in [0.3, 0.4) is 0 Å². The molecule has 20 heavy (non-hydrogen) atoms. The van der Waals surface area contributed by atoms with Crippen molar-refractivity contribution in [2.45, 2.75) is 6.54 Å². The van der Waals surface area contributed by atoms with Crippen LogP contribution in [0, 0.1) is 0 Å². The zero-order chi connectivity index (χ0) is 14.5. The number of primary amides is 1. The number of nitrogens with two attached hydrogens (primary N) is 1. The van der Waals surface area contributed by atoms with Crippen molar-refractivity contribution >= 4 is 17.7 Å². The Balaban J connectivity index is 1.97. The van der Waals surface area contributed by atoms with Gasteiger partial charge in [0.1, 0.15) is 5.82 Å². The van der Waals surface area contributed by atoms with Crippen LogP contribution in [0.25, 0.3) is 0 Å². The van der Waals surface area contributed by atoms with Crippen molar-refractivity contribution in [1.29, 1.82) is 0 Å². The molecule has 1 aromatic carbocycles. The molecule has 7 nitrogen and oxygen atoms in total. The van der Waals surface area contributed by atoms with Gasteiger partial charge in [-0.2, -0.15) is 0 Å². The van der Waals surface area contributed by atoms with Crippen LogP contribution < -0.4 is 11.1 Å². The van der Waals surface area contributed by atoms with E-state index in [9.17, 15) is 9.59 Å². The zero-order valence-corrected chi connectivity index (χ0v) is 10.4. The Bertz CT molecular complexity index is 566. The number of carbonyl (C=O) groups is 2. The van der Waals surface area contributed by atoms with E-state index in [0.717, 1.165) is 5.56 Å². The third-order valence-corrected chi connectivity index (χ3v) is 2.59. The Morgan fingerprint density at radius 1 is 1.10 bits per heavy atom. The molecule has 0 aliphatic heterocycles. The minimum Gasteiger partial charge on any atom is -0.478 e. The quantitative estimate of drug-likeness (QED) is 0.743. The van der Waals surface area contributed by atoms with Crippen LogP contribution in [-0.4, -0.2) is 27.2 Å². The first-order valence-electron chi connectivity index (χ1n) is 5.76. The van der Waals surface area contributed by atoms with Gasteiger partial charge in [-0.3, -0.25) is 4.79 Å². The number of rotatable bonds is 5. The molecule has 0 aliphatic carbocycles. The van der Waals surface area contributed by atoms with Crippen LogP contribution in [-0.2, 0) is 6.54 Å². The third kappa shape index (κ3) is 3.29. The summed E-state index contributed by atoms with van der Waals surface area (Å²) >= 11 is 0. The number of hydrogen-bond acceptors (Lipinski definition) is 5. The monoisotopic (exact) mass is 272 g/mol. The van der Waals surface area contributed by atoms with Crippen molar-refractivity contribution in [3.63, 3.8) is 0 Å². The first kappa shape index (κ1) is 13.5. The molecule has 102 valence electrons. The standard InChI is InChI=1S/C13H12N4O3/c14-12(18)10-5-6-11(17-16-10)15-7-8-1-3-9(4-2-8)13(19)20/h1-6H,7H2,(H2,14,18)(H,15,17)(H,19,20). The molecule has 0 radical (unpaired) electrons. The molecule has 7 heteroatoms. The lowest BCUT2D eigenvalue weighted by atomic mass is 10.1. The number of benzene rings is 1. The maximum Gasteiger partial charge on any atom is 0.335 e. The molecule has 0 bridgehead atoms. The molecule has 0 saturated heterocycles. The number of aromatic nitrogens is 2.